The first-order valence-corrected chi connectivity index (χ1v) is 9.14. The first-order chi connectivity index (χ1) is 11.7. The normalized spacial score (nSPS) is 13.3. The molecule has 0 unspecified atom stereocenters. The first kappa shape index (κ1) is 21.7. The van der Waals surface area contributed by atoms with Crippen LogP contribution in [0.15, 0.2) is 29.3 Å². The van der Waals surface area contributed by atoms with Crippen molar-refractivity contribution in [3.05, 3.63) is 29.8 Å². The van der Waals surface area contributed by atoms with E-state index in [1.54, 1.807) is 0 Å². The van der Waals surface area contributed by atoms with Gasteiger partial charge in [-0.25, -0.2) is 0 Å². The van der Waals surface area contributed by atoms with Gasteiger partial charge in [0.25, 0.3) is 0 Å². The topological polar surface area (TPSA) is 70.7 Å². The molecule has 3 N–H and O–H groups in total. The van der Waals surface area contributed by atoms with E-state index >= 15 is 0 Å². The molecule has 0 radical (unpaired) electrons. The summed E-state index contributed by atoms with van der Waals surface area (Å²) in [6, 6.07) is 8.14. The summed E-state index contributed by atoms with van der Waals surface area (Å²) in [6.45, 7) is 4.46. The van der Waals surface area contributed by atoms with E-state index in [0.29, 0.717) is 18.9 Å². The summed E-state index contributed by atoms with van der Waals surface area (Å²) in [4.78, 5) is 18.6. The number of halogens is 1. The molecule has 1 heterocycles. The number of amides is 1. The molecule has 1 aliphatic heterocycles. The third-order valence-corrected chi connectivity index (χ3v) is 4.36. The molecule has 140 valence electrons. The lowest BCUT2D eigenvalue weighted by atomic mass is 10.2. The number of guanidine groups is 1. The summed E-state index contributed by atoms with van der Waals surface area (Å²) in [5.74, 6) is 0.673. The Morgan fingerprint density at radius 3 is 2.84 bits per heavy atom. The molecular weight excluding hydrogens is 427 g/mol. The highest BCUT2D eigenvalue weighted by Crippen LogP contribution is 2.27. The number of unbranched alkanes of at least 4 members (excludes halogenated alkanes) is 3. The molecule has 2 rings (SSSR count). The van der Waals surface area contributed by atoms with Gasteiger partial charge in [0.15, 0.2) is 5.96 Å². The molecule has 1 aromatic rings. The van der Waals surface area contributed by atoms with Gasteiger partial charge in [-0.05, 0) is 30.9 Å². The minimum atomic E-state index is 0. The van der Waals surface area contributed by atoms with Crippen LogP contribution in [0.5, 0.6) is 0 Å². The van der Waals surface area contributed by atoms with Crippen LogP contribution in [0.4, 0.5) is 5.69 Å². The Hall–Kier alpha value is -1.31. The molecule has 1 aliphatic rings. The zero-order valence-electron chi connectivity index (χ0n) is 15.2. The summed E-state index contributed by atoms with van der Waals surface area (Å²) in [5, 5.41) is 3.13. The number of hydrogen-bond acceptors (Lipinski definition) is 2. The molecule has 0 bridgehead atoms. The van der Waals surface area contributed by atoms with Crippen molar-refractivity contribution in [2.75, 3.05) is 24.5 Å². The third-order valence-electron chi connectivity index (χ3n) is 4.36. The molecule has 0 spiro atoms. The van der Waals surface area contributed by atoms with Crippen LogP contribution in [0.2, 0.25) is 0 Å². The van der Waals surface area contributed by atoms with Gasteiger partial charge in [0.1, 0.15) is 0 Å². The number of para-hydroxylation sites is 1. The van der Waals surface area contributed by atoms with E-state index < -0.39 is 0 Å². The van der Waals surface area contributed by atoms with Crippen LogP contribution in [-0.4, -0.2) is 31.5 Å². The largest absolute Gasteiger partial charge is 0.370 e. The standard InChI is InChI=1S/C19H30N4O.HI/c1-2-3-4-7-13-21-19(20)22-14-8-11-18(24)23-15-12-16-9-5-6-10-17(16)23;/h5-6,9-10H,2-4,7-8,11-15H2,1H3,(H3,20,21,22);1H. The molecule has 0 saturated carbocycles. The maximum Gasteiger partial charge on any atom is 0.227 e. The Balaban J connectivity index is 0.00000312. The van der Waals surface area contributed by atoms with Crippen molar-refractivity contribution in [1.29, 1.82) is 0 Å². The molecule has 0 saturated heterocycles. The van der Waals surface area contributed by atoms with Crippen LogP contribution >= 0.6 is 24.0 Å². The molecular formula is C19H31IN4O. The predicted molar refractivity (Wildman–Crippen MR) is 116 cm³/mol. The Morgan fingerprint density at radius 2 is 2.04 bits per heavy atom. The molecule has 5 nitrogen and oxygen atoms in total. The minimum Gasteiger partial charge on any atom is -0.370 e. The molecule has 0 atom stereocenters. The van der Waals surface area contributed by atoms with Crippen LogP contribution in [0, 0.1) is 0 Å². The number of aliphatic imine (C=N–C) groups is 1. The summed E-state index contributed by atoms with van der Waals surface area (Å²) in [6.07, 6.45) is 7.05. The second kappa shape index (κ2) is 12.1. The number of carbonyl (C=O) groups excluding carboxylic acids is 1. The Labute approximate surface area is 168 Å². The first-order valence-electron chi connectivity index (χ1n) is 9.14. The van der Waals surface area contributed by atoms with Crippen molar-refractivity contribution in [3.8, 4) is 0 Å². The number of rotatable bonds is 9. The average Bonchev–Trinajstić information content (AvgIpc) is 3.02. The highest BCUT2D eigenvalue weighted by Gasteiger charge is 2.23. The fourth-order valence-electron chi connectivity index (χ4n) is 2.99. The number of nitrogens with one attached hydrogen (secondary N) is 1. The number of nitrogens with zero attached hydrogens (tertiary/aromatic N) is 2. The van der Waals surface area contributed by atoms with Gasteiger partial charge in [-0.1, -0.05) is 44.4 Å². The molecule has 0 aromatic heterocycles. The van der Waals surface area contributed by atoms with E-state index in [9.17, 15) is 4.79 Å². The smallest absolute Gasteiger partial charge is 0.227 e. The fourth-order valence-corrected chi connectivity index (χ4v) is 2.99. The van der Waals surface area contributed by atoms with Gasteiger partial charge in [0.05, 0.1) is 0 Å². The van der Waals surface area contributed by atoms with Gasteiger partial charge in [0.2, 0.25) is 5.91 Å². The molecule has 25 heavy (non-hydrogen) atoms. The van der Waals surface area contributed by atoms with Gasteiger partial charge in [0, 0.05) is 31.7 Å². The highest BCUT2D eigenvalue weighted by atomic mass is 127. The Kier molecular flexibility index (Phi) is 10.5. The van der Waals surface area contributed by atoms with Crippen LogP contribution in [0.25, 0.3) is 0 Å². The van der Waals surface area contributed by atoms with Crippen molar-refractivity contribution in [1.82, 2.24) is 5.32 Å². The number of anilines is 1. The lowest BCUT2D eigenvalue weighted by Gasteiger charge is -2.16. The highest BCUT2D eigenvalue weighted by molar-refractivity contribution is 14.0. The average molecular weight is 458 g/mol. The van der Waals surface area contributed by atoms with E-state index in [1.807, 2.05) is 23.1 Å². The lowest BCUT2D eigenvalue weighted by Crippen LogP contribution is -2.32. The molecule has 1 amide bonds. The number of nitrogens with two attached hydrogens (primary N) is 1. The Morgan fingerprint density at radius 1 is 1.24 bits per heavy atom. The van der Waals surface area contributed by atoms with E-state index in [2.05, 4.69) is 23.3 Å². The maximum atomic E-state index is 12.4. The fraction of sp³-hybridized carbons (Fsp3) is 0.579. The second-order valence-electron chi connectivity index (χ2n) is 6.28. The Bertz CT molecular complexity index is 562. The lowest BCUT2D eigenvalue weighted by molar-refractivity contribution is -0.118. The maximum absolute atomic E-state index is 12.4. The van der Waals surface area contributed by atoms with Gasteiger partial charge in [-0.3, -0.25) is 9.79 Å². The third kappa shape index (κ3) is 7.22. The van der Waals surface area contributed by atoms with Crippen molar-refractivity contribution in [2.24, 2.45) is 10.7 Å². The van der Waals surface area contributed by atoms with Crippen molar-refractivity contribution in [3.63, 3.8) is 0 Å². The van der Waals surface area contributed by atoms with Gasteiger partial charge in [-0.2, -0.15) is 0 Å². The van der Waals surface area contributed by atoms with Crippen molar-refractivity contribution in [2.45, 2.75) is 51.9 Å². The van der Waals surface area contributed by atoms with Crippen LogP contribution < -0.4 is 16.0 Å². The quantitative estimate of drug-likeness (QED) is 0.258. The summed E-state index contributed by atoms with van der Waals surface area (Å²) in [5.41, 5.74) is 8.17. The molecule has 6 heteroatoms. The van der Waals surface area contributed by atoms with E-state index in [-0.39, 0.29) is 29.9 Å². The predicted octanol–water partition coefficient (Wildman–Crippen LogP) is 3.46. The monoisotopic (exact) mass is 458 g/mol. The second-order valence-corrected chi connectivity index (χ2v) is 6.28. The summed E-state index contributed by atoms with van der Waals surface area (Å²) < 4.78 is 0. The van der Waals surface area contributed by atoms with Gasteiger partial charge >= 0.3 is 0 Å². The molecule has 0 fully saturated rings. The number of carbonyl (C=O) groups is 1. The zero-order valence-corrected chi connectivity index (χ0v) is 17.5. The number of fused-ring (bicyclic) bond motifs is 1. The summed E-state index contributed by atoms with van der Waals surface area (Å²) >= 11 is 0. The number of hydrogen-bond donors (Lipinski definition) is 2. The van der Waals surface area contributed by atoms with E-state index in [4.69, 9.17) is 5.73 Å². The van der Waals surface area contributed by atoms with Gasteiger partial charge < -0.3 is 16.0 Å². The van der Waals surface area contributed by atoms with Crippen LogP contribution in [0.1, 0.15) is 51.0 Å². The van der Waals surface area contributed by atoms with E-state index in [0.717, 1.165) is 38.0 Å². The SMILES string of the molecule is CCCCCCNC(N)=NCCCC(=O)N1CCc2ccccc21.I. The minimum absolute atomic E-state index is 0. The van der Waals surface area contributed by atoms with Crippen molar-refractivity contribution < 1.29 is 4.79 Å². The van der Waals surface area contributed by atoms with Crippen LogP contribution in [-0.2, 0) is 11.2 Å². The van der Waals surface area contributed by atoms with E-state index in [1.165, 1.54) is 24.8 Å². The molecule has 1 aromatic carbocycles. The van der Waals surface area contributed by atoms with Crippen molar-refractivity contribution >= 4 is 41.5 Å². The zero-order chi connectivity index (χ0) is 17.2. The summed E-state index contributed by atoms with van der Waals surface area (Å²) in [7, 11) is 0. The van der Waals surface area contributed by atoms with Gasteiger partial charge in [-0.15, -0.1) is 24.0 Å². The number of benzene rings is 1. The molecule has 0 aliphatic carbocycles. The van der Waals surface area contributed by atoms with Crippen LogP contribution in [0.3, 0.4) is 0 Å².